The predicted octanol–water partition coefficient (Wildman–Crippen LogP) is 2.02. The first-order chi connectivity index (χ1) is 16.7. The van der Waals surface area contributed by atoms with Crippen LogP contribution in [0.2, 0.25) is 0 Å². The van der Waals surface area contributed by atoms with E-state index >= 15 is 0 Å². The second kappa shape index (κ2) is 9.68. The Balaban J connectivity index is 1.34. The number of rotatable bonds is 6. The average Bonchev–Trinajstić information content (AvgIpc) is 2.86. The summed E-state index contributed by atoms with van der Waals surface area (Å²) in [5, 5.41) is 12.7. The molecule has 0 spiro atoms. The zero-order valence-corrected chi connectivity index (χ0v) is 19.3. The molecule has 35 heavy (non-hydrogen) atoms. The number of nitrogens with two attached hydrogens (primary N) is 1. The molecule has 1 heterocycles. The number of amides is 1. The summed E-state index contributed by atoms with van der Waals surface area (Å²) in [6.45, 7) is -0.112. The van der Waals surface area contributed by atoms with Crippen molar-refractivity contribution in [1.29, 1.82) is 0 Å². The average molecular weight is 499 g/mol. The van der Waals surface area contributed by atoms with Gasteiger partial charge in [-0.05, 0) is 35.0 Å². The number of nitro benzene ring substituents is 1. The molecule has 1 saturated heterocycles. The first-order valence-electron chi connectivity index (χ1n) is 10.6. The summed E-state index contributed by atoms with van der Waals surface area (Å²) in [5.74, 6) is -1.40. The number of hydrogen-bond acceptors (Lipinski definition) is 8. The third-order valence-corrected chi connectivity index (χ3v) is 7.63. The normalized spacial score (nSPS) is 14.6. The lowest BCUT2D eigenvalue weighted by molar-refractivity contribution is -0.383. The lowest BCUT2D eigenvalue weighted by atomic mass is 10.1. The second-order valence-electron chi connectivity index (χ2n) is 7.90. The minimum atomic E-state index is -3.73. The van der Waals surface area contributed by atoms with Gasteiger partial charge in [0.25, 0.3) is 11.6 Å². The Bertz CT molecular complexity index is 1420. The molecule has 0 aromatic heterocycles. The van der Waals surface area contributed by atoms with E-state index in [9.17, 15) is 28.1 Å². The van der Waals surface area contributed by atoms with E-state index in [1.54, 1.807) is 18.2 Å². The van der Waals surface area contributed by atoms with Gasteiger partial charge in [0.15, 0.2) is 6.61 Å². The number of nitrogen functional groups attached to an aromatic ring is 1. The quantitative estimate of drug-likeness (QED) is 0.234. The summed E-state index contributed by atoms with van der Waals surface area (Å²) >= 11 is 0. The summed E-state index contributed by atoms with van der Waals surface area (Å²) in [4.78, 5) is 36.5. The van der Waals surface area contributed by atoms with Gasteiger partial charge in [-0.25, -0.2) is 13.2 Å². The fourth-order valence-corrected chi connectivity index (χ4v) is 5.24. The van der Waals surface area contributed by atoms with Gasteiger partial charge in [-0.1, -0.05) is 30.3 Å². The highest BCUT2D eigenvalue weighted by atomic mass is 32.2. The highest BCUT2D eigenvalue weighted by molar-refractivity contribution is 7.89. The molecule has 3 aromatic rings. The molecular formula is C23H22N4O7S. The molecular weight excluding hydrogens is 476 g/mol. The lowest BCUT2D eigenvalue weighted by Crippen LogP contribution is -2.51. The van der Waals surface area contributed by atoms with Crippen molar-refractivity contribution in [2.24, 2.45) is 0 Å². The minimum Gasteiger partial charge on any atom is -0.452 e. The molecule has 0 unspecified atom stereocenters. The SMILES string of the molecule is Nc1ccc(C(=O)OCC(=O)N2CCN(S(=O)(=O)c3ccc4ccccc4c3)CC2)cc1[N+](=O)[O-]. The number of piperazine rings is 1. The van der Waals surface area contributed by atoms with Crippen LogP contribution in [0.15, 0.2) is 65.6 Å². The van der Waals surface area contributed by atoms with E-state index < -0.39 is 39.1 Å². The van der Waals surface area contributed by atoms with Gasteiger partial charge in [0.1, 0.15) is 5.69 Å². The van der Waals surface area contributed by atoms with E-state index in [1.807, 2.05) is 24.3 Å². The third kappa shape index (κ3) is 5.08. The number of sulfonamides is 1. The van der Waals surface area contributed by atoms with E-state index in [0.717, 1.165) is 16.8 Å². The smallest absolute Gasteiger partial charge is 0.338 e. The van der Waals surface area contributed by atoms with E-state index in [2.05, 4.69) is 0 Å². The fraction of sp³-hybridized carbons (Fsp3) is 0.217. The summed E-state index contributed by atoms with van der Waals surface area (Å²) in [7, 11) is -3.73. The van der Waals surface area contributed by atoms with Gasteiger partial charge >= 0.3 is 5.97 Å². The molecule has 11 nitrogen and oxygen atoms in total. The van der Waals surface area contributed by atoms with Crippen molar-refractivity contribution in [3.05, 3.63) is 76.3 Å². The number of carbonyl (C=O) groups excluding carboxylic acids is 2. The highest BCUT2D eigenvalue weighted by Crippen LogP contribution is 2.24. The van der Waals surface area contributed by atoms with Gasteiger partial charge in [-0.3, -0.25) is 14.9 Å². The van der Waals surface area contributed by atoms with Crippen LogP contribution < -0.4 is 5.73 Å². The van der Waals surface area contributed by atoms with Crippen molar-refractivity contribution >= 4 is 44.0 Å². The number of nitro groups is 1. The van der Waals surface area contributed by atoms with Crippen LogP contribution >= 0.6 is 0 Å². The van der Waals surface area contributed by atoms with Gasteiger partial charge < -0.3 is 15.4 Å². The lowest BCUT2D eigenvalue weighted by Gasteiger charge is -2.33. The molecule has 2 N–H and O–H groups in total. The Morgan fingerprint density at radius 2 is 1.66 bits per heavy atom. The largest absolute Gasteiger partial charge is 0.452 e. The maximum Gasteiger partial charge on any atom is 0.338 e. The maximum absolute atomic E-state index is 13.1. The zero-order valence-electron chi connectivity index (χ0n) is 18.5. The van der Waals surface area contributed by atoms with Crippen LogP contribution in [0, 0.1) is 10.1 Å². The number of fused-ring (bicyclic) bond motifs is 1. The van der Waals surface area contributed by atoms with Crippen LogP contribution in [0.25, 0.3) is 10.8 Å². The number of benzene rings is 3. The zero-order chi connectivity index (χ0) is 25.2. The first-order valence-corrected chi connectivity index (χ1v) is 12.1. The van der Waals surface area contributed by atoms with Crippen molar-refractivity contribution in [2.75, 3.05) is 38.5 Å². The van der Waals surface area contributed by atoms with E-state index in [4.69, 9.17) is 10.5 Å². The molecule has 1 amide bonds. The van der Waals surface area contributed by atoms with Crippen molar-refractivity contribution in [2.45, 2.75) is 4.90 Å². The van der Waals surface area contributed by atoms with Crippen molar-refractivity contribution < 1.29 is 27.7 Å². The Labute approximate surface area is 200 Å². The third-order valence-electron chi connectivity index (χ3n) is 5.74. The standard InChI is InChI=1S/C23H22N4O7S/c24-20-8-6-18(14-21(20)27(30)31)23(29)34-15-22(28)25-9-11-26(12-10-25)35(32,33)19-7-5-16-3-1-2-4-17(16)13-19/h1-8,13-14H,9-12,15,24H2. The van der Waals surface area contributed by atoms with Gasteiger partial charge in [-0.2, -0.15) is 4.31 Å². The van der Waals surface area contributed by atoms with Crippen LogP contribution in [0.1, 0.15) is 10.4 Å². The molecule has 4 rings (SSSR count). The summed E-state index contributed by atoms with van der Waals surface area (Å²) < 4.78 is 32.5. The summed E-state index contributed by atoms with van der Waals surface area (Å²) in [5.41, 5.74) is 4.87. The molecule has 0 atom stereocenters. The van der Waals surface area contributed by atoms with E-state index in [1.165, 1.54) is 21.3 Å². The molecule has 182 valence electrons. The van der Waals surface area contributed by atoms with Gasteiger partial charge in [0.05, 0.1) is 15.4 Å². The van der Waals surface area contributed by atoms with Crippen molar-refractivity contribution in [3.63, 3.8) is 0 Å². The molecule has 3 aromatic carbocycles. The van der Waals surface area contributed by atoms with Crippen LogP contribution in [0.4, 0.5) is 11.4 Å². The Morgan fingerprint density at radius 1 is 0.971 bits per heavy atom. The molecule has 1 aliphatic heterocycles. The van der Waals surface area contributed by atoms with Crippen LogP contribution in [0.3, 0.4) is 0 Å². The number of carbonyl (C=O) groups is 2. The molecule has 1 fully saturated rings. The van der Waals surface area contributed by atoms with Crippen LogP contribution in [0.5, 0.6) is 0 Å². The van der Waals surface area contributed by atoms with E-state index in [0.29, 0.717) is 0 Å². The Kier molecular flexibility index (Phi) is 6.67. The minimum absolute atomic E-state index is 0.0962. The van der Waals surface area contributed by atoms with Gasteiger partial charge in [-0.15, -0.1) is 0 Å². The first kappa shape index (κ1) is 24.1. The maximum atomic E-state index is 13.1. The summed E-state index contributed by atoms with van der Waals surface area (Å²) in [6.07, 6.45) is 0. The Hall–Kier alpha value is -4.03. The second-order valence-corrected chi connectivity index (χ2v) is 9.84. The summed E-state index contributed by atoms with van der Waals surface area (Å²) in [6, 6.07) is 15.9. The van der Waals surface area contributed by atoms with Crippen LogP contribution in [-0.4, -0.2) is 67.2 Å². The Morgan fingerprint density at radius 3 is 2.34 bits per heavy atom. The fourth-order valence-electron chi connectivity index (χ4n) is 3.79. The number of hydrogen-bond donors (Lipinski definition) is 1. The number of nitrogens with zero attached hydrogens (tertiary/aromatic N) is 3. The topological polar surface area (TPSA) is 153 Å². The molecule has 0 bridgehead atoms. The number of esters is 1. The monoisotopic (exact) mass is 498 g/mol. The van der Waals surface area contributed by atoms with Crippen LogP contribution in [-0.2, 0) is 19.6 Å². The number of ether oxygens (including phenoxy) is 1. The van der Waals surface area contributed by atoms with E-state index in [-0.39, 0.29) is 42.3 Å². The van der Waals surface area contributed by atoms with Gasteiger partial charge in [0, 0.05) is 32.2 Å². The van der Waals surface area contributed by atoms with Crippen molar-refractivity contribution in [3.8, 4) is 0 Å². The molecule has 0 saturated carbocycles. The molecule has 12 heteroatoms. The van der Waals surface area contributed by atoms with Crippen molar-refractivity contribution in [1.82, 2.24) is 9.21 Å². The number of anilines is 1. The highest BCUT2D eigenvalue weighted by Gasteiger charge is 2.30. The molecule has 0 radical (unpaired) electrons. The molecule has 0 aliphatic carbocycles. The predicted molar refractivity (Wildman–Crippen MR) is 127 cm³/mol. The molecule has 1 aliphatic rings. The van der Waals surface area contributed by atoms with Gasteiger partial charge in [0.2, 0.25) is 10.0 Å².